The number of unbranched alkanes of at least 4 members (excludes halogenated alkanes) is 19. The molecular formula is C43H80NO7P. The smallest absolute Gasteiger partial charge is 0.457 e. The molecule has 0 aromatic carbocycles. The van der Waals surface area contributed by atoms with E-state index < -0.39 is 13.9 Å². The standard InChI is InChI=1S/C43H80NO7P/c1-3-5-7-9-11-13-15-17-19-21-22-24-26-28-30-32-34-36-43(45)51-42(41-50-52(46,47)49-39-37-44)40-48-38-35-33-31-29-27-25-23-20-18-16-14-12-10-8-6-4-2/h11,13,17,19,22,24,28,30,42H,3-10,12,14-16,18,20-21,23,25-27,29,31-41,44H2,1-2H3,(H,46,47)/b13-11+,19-17+,24-22+,30-28+/t42-/m1/s1. The van der Waals surface area contributed by atoms with Crippen molar-refractivity contribution < 1.29 is 32.8 Å². The maximum Gasteiger partial charge on any atom is 0.472 e. The van der Waals surface area contributed by atoms with Crippen LogP contribution in [0.2, 0.25) is 0 Å². The molecule has 304 valence electrons. The maximum atomic E-state index is 12.5. The Morgan fingerprint density at radius 3 is 1.52 bits per heavy atom. The number of rotatable bonds is 40. The quantitative estimate of drug-likeness (QED) is 0.0275. The largest absolute Gasteiger partial charge is 0.472 e. The third-order valence-electron chi connectivity index (χ3n) is 8.75. The summed E-state index contributed by atoms with van der Waals surface area (Å²) in [5.41, 5.74) is 5.36. The van der Waals surface area contributed by atoms with Gasteiger partial charge in [0.05, 0.1) is 19.8 Å². The van der Waals surface area contributed by atoms with Crippen molar-refractivity contribution in [3.63, 3.8) is 0 Å². The third kappa shape index (κ3) is 39.7. The Kier molecular flexibility index (Phi) is 39.4. The molecule has 0 aromatic heterocycles. The first-order chi connectivity index (χ1) is 25.4. The minimum absolute atomic E-state index is 0.0915. The lowest BCUT2D eigenvalue weighted by atomic mass is 10.0. The van der Waals surface area contributed by atoms with E-state index in [4.69, 9.17) is 24.3 Å². The summed E-state index contributed by atoms with van der Waals surface area (Å²) < 4.78 is 33.3. The van der Waals surface area contributed by atoms with E-state index in [1.165, 1.54) is 116 Å². The van der Waals surface area contributed by atoms with Crippen molar-refractivity contribution in [1.82, 2.24) is 0 Å². The number of carbonyl (C=O) groups is 1. The molecule has 0 spiro atoms. The van der Waals surface area contributed by atoms with Gasteiger partial charge in [0.2, 0.25) is 0 Å². The van der Waals surface area contributed by atoms with E-state index in [1.807, 2.05) is 0 Å². The first kappa shape index (κ1) is 50.5. The number of hydrogen-bond acceptors (Lipinski definition) is 7. The topological polar surface area (TPSA) is 117 Å². The summed E-state index contributed by atoms with van der Waals surface area (Å²) in [6.45, 7) is 4.83. The number of allylic oxidation sites excluding steroid dienone is 8. The molecule has 0 bridgehead atoms. The molecule has 0 aromatic rings. The molecule has 0 saturated carbocycles. The van der Waals surface area contributed by atoms with E-state index in [-0.39, 0.29) is 38.8 Å². The molecule has 0 amide bonds. The van der Waals surface area contributed by atoms with Gasteiger partial charge in [0.15, 0.2) is 0 Å². The summed E-state index contributed by atoms with van der Waals surface area (Å²) in [6, 6.07) is 0. The van der Waals surface area contributed by atoms with Crippen molar-refractivity contribution in [2.75, 3.05) is 33.0 Å². The van der Waals surface area contributed by atoms with Crippen molar-refractivity contribution in [2.45, 2.75) is 187 Å². The molecule has 52 heavy (non-hydrogen) atoms. The molecule has 0 aliphatic carbocycles. The second kappa shape index (κ2) is 40.6. The Labute approximate surface area is 320 Å². The highest BCUT2D eigenvalue weighted by Gasteiger charge is 2.25. The predicted molar refractivity (Wildman–Crippen MR) is 219 cm³/mol. The second-order valence-electron chi connectivity index (χ2n) is 13.9. The zero-order chi connectivity index (χ0) is 38.1. The Bertz CT molecular complexity index is 936. The van der Waals surface area contributed by atoms with Crippen LogP contribution in [0.3, 0.4) is 0 Å². The van der Waals surface area contributed by atoms with Gasteiger partial charge in [-0.05, 0) is 51.4 Å². The fourth-order valence-corrected chi connectivity index (χ4v) is 6.40. The summed E-state index contributed by atoms with van der Waals surface area (Å²) in [5.74, 6) is -0.383. The van der Waals surface area contributed by atoms with Crippen LogP contribution in [0, 0.1) is 0 Å². The first-order valence-electron chi connectivity index (χ1n) is 21.1. The van der Waals surface area contributed by atoms with Gasteiger partial charge in [-0.3, -0.25) is 13.8 Å². The van der Waals surface area contributed by atoms with Gasteiger partial charge in [-0.2, -0.15) is 0 Å². The Morgan fingerprint density at radius 1 is 0.577 bits per heavy atom. The van der Waals surface area contributed by atoms with Gasteiger partial charge >= 0.3 is 13.8 Å². The molecular weight excluding hydrogens is 673 g/mol. The normalized spacial score (nSPS) is 14.0. The molecule has 3 N–H and O–H groups in total. The molecule has 0 radical (unpaired) electrons. The number of phosphoric acid groups is 1. The van der Waals surface area contributed by atoms with Crippen LogP contribution in [0.1, 0.15) is 181 Å². The molecule has 0 saturated heterocycles. The number of phosphoric ester groups is 1. The SMILES string of the molecule is CCCCC/C=C/C/C=C/C/C=C/C/C=C/CCCC(=O)O[C@H](COCCCCCCCCCCCCCCCCCC)COP(=O)(O)OCCN. The highest BCUT2D eigenvalue weighted by Crippen LogP contribution is 2.43. The number of carbonyl (C=O) groups excluding carboxylic acids is 1. The molecule has 1 unspecified atom stereocenters. The molecule has 0 fully saturated rings. The minimum atomic E-state index is -4.29. The Balaban J connectivity index is 4.14. The molecule has 8 nitrogen and oxygen atoms in total. The van der Waals surface area contributed by atoms with E-state index in [2.05, 4.69) is 62.5 Å². The third-order valence-corrected chi connectivity index (χ3v) is 9.73. The molecule has 0 heterocycles. The van der Waals surface area contributed by atoms with Gasteiger partial charge in [0, 0.05) is 19.6 Å². The predicted octanol–water partition coefficient (Wildman–Crippen LogP) is 12.4. The fourth-order valence-electron chi connectivity index (χ4n) is 5.64. The van der Waals surface area contributed by atoms with Crippen LogP contribution in [-0.4, -0.2) is 49.9 Å². The fraction of sp³-hybridized carbons (Fsp3) is 0.791. The van der Waals surface area contributed by atoms with Crippen molar-refractivity contribution in [1.29, 1.82) is 0 Å². The van der Waals surface area contributed by atoms with E-state index in [1.54, 1.807) is 0 Å². The van der Waals surface area contributed by atoms with Crippen LogP contribution in [0.5, 0.6) is 0 Å². The van der Waals surface area contributed by atoms with E-state index in [0.29, 0.717) is 13.0 Å². The number of hydrogen-bond donors (Lipinski definition) is 2. The summed E-state index contributed by atoms with van der Waals surface area (Å²) in [5, 5.41) is 0. The number of ether oxygens (including phenoxy) is 2. The number of esters is 1. The van der Waals surface area contributed by atoms with E-state index in [9.17, 15) is 14.3 Å². The average Bonchev–Trinajstić information content (AvgIpc) is 3.13. The van der Waals surface area contributed by atoms with Crippen LogP contribution in [0.4, 0.5) is 0 Å². The molecule has 0 rings (SSSR count). The highest BCUT2D eigenvalue weighted by atomic mass is 31.2. The summed E-state index contributed by atoms with van der Waals surface area (Å²) in [6.07, 6.45) is 47.0. The summed E-state index contributed by atoms with van der Waals surface area (Å²) in [7, 11) is -4.29. The molecule has 9 heteroatoms. The van der Waals surface area contributed by atoms with Gasteiger partial charge < -0.3 is 20.1 Å². The van der Waals surface area contributed by atoms with Gasteiger partial charge in [0.1, 0.15) is 6.10 Å². The van der Waals surface area contributed by atoms with Crippen molar-refractivity contribution in [3.05, 3.63) is 48.6 Å². The molecule has 2 atom stereocenters. The van der Waals surface area contributed by atoms with E-state index >= 15 is 0 Å². The number of nitrogens with two attached hydrogens (primary N) is 1. The van der Waals surface area contributed by atoms with Gasteiger partial charge in [-0.1, -0.05) is 172 Å². The average molecular weight is 754 g/mol. The summed E-state index contributed by atoms with van der Waals surface area (Å²) >= 11 is 0. The van der Waals surface area contributed by atoms with E-state index in [0.717, 1.165) is 38.5 Å². The van der Waals surface area contributed by atoms with Gasteiger partial charge in [-0.25, -0.2) is 4.57 Å². The van der Waals surface area contributed by atoms with Crippen LogP contribution >= 0.6 is 7.82 Å². The van der Waals surface area contributed by atoms with Gasteiger partial charge in [0.25, 0.3) is 0 Å². The monoisotopic (exact) mass is 754 g/mol. The maximum absolute atomic E-state index is 12.5. The van der Waals surface area contributed by atoms with Crippen molar-refractivity contribution in [3.8, 4) is 0 Å². The minimum Gasteiger partial charge on any atom is -0.457 e. The lowest BCUT2D eigenvalue weighted by Gasteiger charge is -2.20. The molecule has 0 aliphatic heterocycles. The first-order valence-corrected chi connectivity index (χ1v) is 22.6. The van der Waals surface area contributed by atoms with Crippen molar-refractivity contribution >= 4 is 13.8 Å². The zero-order valence-electron chi connectivity index (χ0n) is 33.5. The lowest BCUT2D eigenvalue weighted by molar-refractivity contribution is -0.154. The van der Waals surface area contributed by atoms with Gasteiger partial charge in [-0.15, -0.1) is 0 Å². The highest BCUT2D eigenvalue weighted by molar-refractivity contribution is 7.47. The summed E-state index contributed by atoms with van der Waals surface area (Å²) in [4.78, 5) is 22.4. The lowest BCUT2D eigenvalue weighted by Crippen LogP contribution is -2.28. The zero-order valence-corrected chi connectivity index (χ0v) is 34.4. The second-order valence-corrected chi connectivity index (χ2v) is 15.3. The van der Waals surface area contributed by atoms with Crippen LogP contribution in [0.15, 0.2) is 48.6 Å². The van der Waals surface area contributed by atoms with Crippen LogP contribution < -0.4 is 5.73 Å². The molecule has 0 aliphatic rings. The van der Waals surface area contributed by atoms with Crippen LogP contribution in [0.25, 0.3) is 0 Å². The van der Waals surface area contributed by atoms with Crippen molar-refractivity contribution in [2.24, 2.45) is 5.73 Å². The van der Waals surface area contributed by atoms with Crippen LogP contribution in [-0.2, 0) is 27.9 Å². The Morgan fingerprint density at radius 2 is 1.02 bits per heavy atom. The Hall–Kier alpha value is -1.54.